The first-order chi connectivity index (χ1) is 6.50. The molecule has 0 spiro atoms. The van der Waals surface area contributed by atoms with Gasteiger partial charge in [-0.1, -0.05) is 27.2 Å². The molecule has 0 unspecified atom stereocenters. The van der Waals surface area contributed by atoms with Gasteiger partial charge in [-0.2, -0.15) is 0 Å². The van der Waals surface area contributed by atoms with E-state index in [1.807, 2.05) is 0 Å². The second kappa shape index (κ2) is 4.81. The summed E-state index contributed by atoms with van der Waals surface area (Å²) >= 11 is 0. The summed E-state index contributed by atoms with van der Waals surface area (Å²) in [5.74, 6) is 2.24. The average Bonchev–Trinajstić information content (AvgIpc) is 2.01. The van der Waals surface area contributed by atoms with E-state index in [0.717, 1.165) is 12.3 Å². The summed E-state index contributed by atoms with van der Waals surface area (Å²) in [6.45, 7) is 8.42. The van der Waals surface area contributed by atoms with E-state index < -0.39 is 0 Å². The maximum absolute atomic E-state index is 11.1. The van der Waals surface area contributed by atoms with Crippen LogP contribution in [0.15, 0.2) is 0 Å². The molecule has 3 atom stereocenters. The topological polar surface area (TPSA) is 29.1 Å². The third kappa shape index (κ3) is 3.00. The van der Waals surface area contributed by atoms with Gasteiger partial charge in [0.25, 0.3) is 0 Å². The number of nitrogens with one attached hydrogen (secondary N) is 1. The molecule has 2 nitrogen and oxygen atoms in total. The predicted molar refractivity (Wildman–Crippen MR) is 58.9 cm³/mol. The number of hydrogen-bond donors (Lipinski definition) is 1. The van der Waals surface area contributed by atoms with Crippen molar-refractivity contribution in [3.63, 3.8) is 0 Å². The van der Waals surface area contributed by atoms with Crippen LogP contribution in [0.3, 0.4) is 0 Å². The molecule has 1 saturated carbocycles. The lowest BCUT2D eigenvalue weighted by Gasteiger charge is -2.37. The van der Waals surface area contributed by atoms with Crippen LogP contribution in [-0.2, 0) is 4.79 Å². The van der Waals surface area contributed by atoms with Gasteiger partial charge in [0.05, 0.1) is 0 Å². The Labute approximate surface area is 87.5 Å². The Kier molecular flexibility index (Phi) is 3.97. The van der Waals surface area contributed by atoms with E-state index in [1.165, 1.54) is 12.8 Å². The molecule has 0 aromatic rings. The summed E-state index contributed by atoms with van der Waals surface area (Å²) < 4.78 is 0. The van der Waals surface area contributed by atoms with Crippen molar-refractivity contribution in [1.82, 2.24) is 5.32 Å². The first-order valence-electron chi connectivity index (χ1n) is 5.77. The number of carbonyl (C=O) groups is 1. The van der Waals surface area contributed by atoms with Crippen molar-refractivity contribution in [3.8, 4) is 0 Å². The lowest BCUT2D eigenvalue weighted by atomic mass is 9.74. The summed E-state index contributed by atoms with van der Waals surface area (Å²) in [5.41, 5.74) is 0. The zero-order chi connectivity index (χ0) is 10.7. The second-order valence-corrected chi connectivity index (χ2v) is 5.13. The van der Waals surface area contributed by atoms with Gasteiger partial charge in [-0.3, -0.25) is 4.79 Å². The minimum atomic E-state index is 0.120. The molecule has 0 bridgehead atoms. The van der Waals surface area contributed by atoms with Gasteiger partial charge in [-0.25, -0.2) is 0 Å². The summed E-state index contributed by atoms with van der Waals surface area (Å²) in [6, 6.07) is 0.413. The number of carbonyl (C=O) groups excluding carboxylic acids is 1. The Morgan fingerprint density at radius 1 is 1.36 bits per heavy atom. The molecular formula is C12H23NO. The molecule has 1 aliphatic carbocycles. The molecule has 1 N–H and O–H groups in total. The molecule has 0 radical (unpaired) electrons. The first kappa shape index (κ1) is 11.5. The van der Waals surface area contributed by atoms with Gasteiger partial charge in [0.1, 0.15) is 0 Å². The highest BCUT2D eigenvalue weighted by Crippen LogP contribution is 2.33. The predicted octanol–water partition coefficient (Wildman–Crippen LogP) is 2.58. The highest BCUT2D eigenvalue weighted by atomic mass is 16.1. The number of amides is 1. The molecule has 14 heavy (non-hydrogen) atoms. The Bertz CT molecular complexity index is 200. The van der Waals surface area contributed by atoms with Crippen LogP contribution in [0.5, 0.6) is 0 Å². The van der Waals surface area contributed by atoms with Crippen LogP contribution < -0.4 is 5.32 Å². The fourth-order valence-corrected chi connectivity index (χ4v) is 2.63. The summed E-state index contributed by atoms with van der Waals surface area (Å²) in [6.07, 6.45) is 3.74. The molecular weight excluding hydrogens is 174 g/mol. The van der Waals surface area contributed by atoms with Gasteiger partial charge in [-0.15, -0.1) is 0 Å². The fraction of sp³-hybridized carbons (Fsp3) is 0.917. The maximum atomic E-state index is 11.1. The highest BCUT2D eigenvalue weighted by molar-refractivity contribution is 5.73. The van der Waals surface area contributed by atoms with E-state index in [-0.39, 0.29) is 5.91 Å². The third-order valence-electron chi connectivity index (χ3n) is 3.41. The van der Waals surface area contributed by atoms with Crippen molar-refractivity contribution in [2.45, 2.75) is 53.0 Å². The van der Waals surface area contributed by atoms with Gasteiger partial charge in [0.15, 0.2) is 0 Å². The molecule has 1 amide bonds. The van der Waals surface area contributed by atoms with Gasteiger partial charge in [0, 0.05) is 13.0 Å². The van der Waals surface area contributed by atoms with Crippen molar-refractivity contribution < 1.29 is 4.79 Å². The Balaban J connectivity index is 2.58. The maximum Gasteiger partial charge on any atom is 0.217 e. The van der Waals surface area contributed by atoms with Crippen molar-refractivity contribution in [1.29, 1.82) is 0 Å². The van der Waals surface area contributed by atoms with E-state index in [4.69, 9.17) is 0 Å². The molecule has 0 heterocycles. The van der Waals surface area contributed by atoms with E-state index in [9.17, 15) is 4.79 Å². The summed E-state index contributed by atoms with van der Waals surface area (Å²) in [5, 5.41) is 3.10. The molecule has 0 aromatic heterocycles. The van der Waals surface area contributed by atoms with Crippen LogP contribution in [-0.4, -0.2) is 11.9 Å². The molecule has 0 saturated heterocycles. The van der Waals surface area contributed by atoms with Gasteiger partial charge in [0.2, 0.25) is 5.91 Å². The summed E-state index contributed by atoms with van der Waals surface area (Å²) in [4.78, 5) is 11.1. The van der Waals surface area contributed by atoms with Crippen molar-refractivity contribution in [2.24, 2.45) is 17.8 Å². The van der Waals surface area contributed by atoms with Gasteiger partial charge >= 0.3 is 0 Å². The van der Waals surface area contributed by atoms with Crippen molar-refractivity contribution >= 4 is 5.91 Å². The van der Waals surface area contributed by atoms with Crippen LogP contribution in [0.1, 0.15) is 47.0 Å². The standard InChI is InChI=1S/C12H23NO/c1-8(2)11-6-5-9(3)7-12(11)13-10(4)14/h8-9,11-12H,5-7H2,1-4H3,(H,13,14)/t9-,11+,12-/m1/s1. The van der Waals surface area contributed by atoms with E-state index in [2.05, 4.69) is 26.1 Å². The van der Waals surface area contributed by atoms with E-state index >= 15 is 0 Å². The third-order valence-corrected chi connectivity index (χ3v) is 3.41. The molecule has 1 aliphatic rings. The lowest BCUT2D eigenvalue weighted by molar-refractivity contribution is -0.120. The Morgan fingerprint density at radius 2 is 2.00 bits per heavy atom. The van der Waals surface area contributed by atoms with Crippen LogP contribution in [0, 0.1) is 17.8 Å². The zero-order valence-electron chi connectivity index (χ0n) is 9.84. The molecule has 82 valence electrons. The molecule has 1 rings (SSSR count). The molecule has 0 aliphatic heterocycles. The SMILES string of the molecule is CC(=O)N[C@@H]1C[C@H](C)CC[C@H]1C(C)C. The minimum absolute atomic E-state index is 0.120. The normalized spacial score (nSPS) is 33.1. The second-order valence-electron chi connectivity index (χ2n) is 5.13. The van der Waals surface area contributed by atoms with Gasteiger partial charge < -0.3 is 5.32 Å². The van der Waals surface area contributed by atoms with Crippen molar-refractivity contribution in [2.75, 3.05) is 0 Å². The molecule has 0 aromatic carbocycles. The number of rotatable bonds is 2. The Morgan fingerprint density at radius 3 is 2.50 bits per heavy atom. The minimum Gasteiger partial charge on any atom is -0.353 e. The quantitative estimate of drug-likeness (QED) is 0.724. The smallest absolute Gasteiger partial charge is 0.217 e. The summed E-state index contributed by atoms with van der Waals surface area (Å²) in [7, 11) is 0. The number of hydrogen-bond acceptors (Lipinski definition) is 1. The average molecular weight is 197 g/mol. The monoisotopic (exact) mass is 197 g/mol. The van der Waals surface area contributed by atoms with E-state index in [0.29, 0.717) is 17.9 Å². The van der Waals surface area contributed by atoms with Gasteiger partial charge in [-0.05, 0) is 30.6 Å². The lowest BCUT2D eigenvalue weighted by Crippen LogP contribution is -2.44. The van der Waals surface area contributed by atoms with Crippen LogP contribution in [0.25, 0.3) is 0 Å². The van der Waals surface area contributed by atoms with Crippen LogP contribution in [0.2, 0.25) is 0 Å². The van der Waals surface area contributed by atoms with Crippen LogP contribution in [0.4, 0.5) is 0 Å². The zero-order valence-corrected chi connectivity index (χ0v) is 9.84. The fourth-order valence-electron chi connectivity index (χ4n) is 2.63. The first-order valence-corrected chi connectivity index (χ1v) is 5.77. The van der Waals surface area contributed by atoms with Crippen LogP contribution >= 0.6 is 0 Å². The van der Waals surface area contributed by atoms with E-state index in [1.54, 1.807) is 6.92 Å². The highest BCUT2D eigenvalue weighted by Gasteiger charge is 2.30. The largest absolute Gasteiger partial charge is 0.353 e. The molecule has 2 heteroatoms. The Hall–Kier alpha value is -0.530. The molecule has 1 fully saturated rings. The van der Waals surface area contributed by atoms with Crippen molar-refractivity contribution in [3.05, 3.63) is 0 Å².